The summed E-state index contributed by atoms with van der Waals surface area (Å²) in [6, 6.07) is 0. The maximum Gasteiger partial charge on any atom is 0.227 e. The normalized spacial score (nSPS) is 15.4. The van der Waals surface area contributed by atoms with E-state index in [9.17, 15) is 4.79 Å². The van der Waals surface area contributed by atoms with Crippen LogP contribution in [0.2, 0.25) is 0 Å². The Labute approximate surface area is 141 Å². The van der Waals surface area contributed by atoms with Gasteiger partial charge >= 0.3 is 0 Å². The third-order valence-corrected chi connectivity index (χ3v) is 4.25. The molecule has 2 aromatic heterocycles. The van der Waals surface area contributed by atoms with Gasteiger partial charge < -0.3 is 9.80 Å². The zero-order valence-electron chi connectivity index (χ0n) is 14.7. The van der Waals surface area contributed by atoms with E-state index in [0.29, 0.717) is 19.6 Å². The molecule has 0 N–H and O–H groups in total. The Hall–Kier alpha value is -2.45. The third kappa shape index (κ3) is 3.24. The van der Waals surface area contributed by atoms with E-state index in [1.54, 1.807) is 18.0 Å². The largest absolute Gasteiger partial charge is 0.339 e. The number of carbonyl (C=O) groups is 1. The Morgan fingerprint density at radius 3 is 2.50 bits per heavy atom. The molecule has 1 aliphatic rings. The van der Waals surface area contributed by atoms with Gasteiger partial charge in [-0.25, -0.2) is 0 Å². The van der Waals surface area contributed by atoms with E-state index in [4.69, 9.17) is 0 Å². The maximum absolute atomic E-state index is 12.1. The molecule has 0 unspecified atom stereocenters. The van der Waals surface area contributed by atoms with E-state index in [1.807, 2.05) is 30.2 Å². The number of aryl methyl sites for hydroxylation is 2. The van der Waals surface area contributed by atoms with E-state index in [1.165, 1.54) is 0 Å². The highest BCUT2D eigenvalue weighted by molar-refractivity contribution is 5.78. The molecule has 1 fully saturated rings. The predicted octanol–water partition coefficient (Wildman–Crippen LogP) is 0.0679. The topological polar surface area (TPSA) is 85.0 Å². The van der Waals surface area contributed by atoms with Crippen LogP contribution in [0.25, 0.3) is 0 Å². The van der Waals surface area contributed by atoms with Crippen LogP contribution in [0, 0.1) is 12.8 Å². The van der Waals surface area contributed by atoms with Gasteiger partial charge in [0, 0.05) is 39.1 Å². The summed E-state index contributed by atoms with van der Waals surface area (Å²) in [6.45, 7) is 9.36. The average molecular weight is 332 g/mol. The number of piperazine rings is 1. The van der Waals surface area contributed by atoms with E-state index in [-0.39, 0.29) is 11.8 Å². The monoisotopic (exact) mass is 332 g/mol. The molecule has 1 amide bonds. The number of hydrogen-bond acceptors (Lipinski definition) is 6. The lowest BCUT2D eigenvalue weighted by Gasteiger charge is -2.36. The van der Waals surface area contributed by atoms with Crippen LogP contribution in [0.15, 0.2) is 6.20 Å². The van der Waals surface area contributed by atoms with E-state index < -0.39 is 0 Å². The summed E-state index contributed by atoms with van der Waals surface area (Å²) in [4.78, 5) is 17.8. The molecule has 9 nitrogen and oxygen atoms in total. The first-order chi connectivity index (χ1) is 11.5. The summed E-state index contributed by atoms with van der Waals surface area (Å²) in [7, 11) is 1.80. The van der Waals surface area contributed by atoms with Gasteiger partial charge in [0.1, 0.15) is 11.5 Å². The van der Waals surface area contributed by atoms with E-state index in [2.05, 4.69) is 25.3 Å². The lowest BCUT2D eigenvalue weighted by molar-refractivity contribution is -0.134. The number of carbonyl (C=O) groups excluding carboxylic acids is 1. The van der Waals surface area contributed by atoms with Crippen molar-refractivity contribution in [1.29, 1.82) is 0 Å². The fourth-order valence-corrected chi connectivity index (χ4v) is 2.90. The fraction of sp³-hybridized carbons (Fsp3) is 0.667. The predicted molar refractivity (Wildman–Crippen MR) is 88.5 cm³/mol. The molecule has 0 radical (unpaired) electrons. The summed E-state index contributed by atoms with van der Waals surface area (Å²) in [5.41, 5.74) is 0.871. The van der Waals surface area contributed by atoms with E-state index >= 15 is 0 Å². The molecular weight excluding hydrogens is 308 g/mol. The van der Waals surface area contributed by atoms with Gasteiger partial charge in [0.05, 0.1) is 12.7 Å². The van der Waals surface area contributed by atoms with Crippen LogP contribution >= 0.6 is 0 Å². The van der Waals surface area contributed by atoms with Crippen molar-refractivity contribution in [2.45, 2.75) is 27.3 Å². The summed E-state index contributed by atoms with van der Waals surface area (Å²) in [6.07, 6.45) is 1.75. The highest BCUT2D eigenvalue weighted by atomic mass is 16.2. The zero-order valence-corrected chi connectivity index (χ0v) is 14.7. The molecule has 24 heavy (non-hydrogen) atoms. The van der Waals surface area contributed by atoms with E-state index in [0.717, 1.165) is 30.6 Å². The van der Waals surface area contributed by atoms with Gasteiger partial charge in [-0.15, -0.1) is 10.2 Å². The standard InChI is InChI=1S/C15H24N8O/c1-11(2)14(24)21-5-7-22(8-6-21)15-18-17-12(3)23(15)10-13-9-16-20(4)19-13/h9,11H,5-8,10H2,1-4H3. The molecule has 0 spiro atoms. The minimum absolute atomic E-state index is 0.0408. The number of rotatable bonds is 4. The van der Waals surface area contributed by atoms with Crippen LogP contribution < -0.4 is 4.90 Å². The number of amides is 1. The van der Waals surface area contributed by atoms with Crippen molar-refractivity contribution in [2.24, 2.45) is 13.0 Å². The van der Waals surface area contributed by atoms with Gasteiger partial charge in [-0.05, 0) is 6.92 Å². The van der Waals surface area contributed by atoms with Crippen LogP contribution in [-0.4, -0.2) is 66.7 Å². The van der Waals surface area contributed by atoms with Crippen molar-refractivity contribution in [3.63, 3.8) is 0 Å². The fourth-order valence-electron chi connectivity index (χ4n) is 2.90. The highest BCUT2D eigenvalue weighted by Crippen LogP contribution is 2.17. The van der Waals surface area contributed by atoms with Crippen molar-refractivity contribution in [3.8, 4) is 0 Å². The first-order valence-electron chi connectivity index (χ1n) is 8.24. The molecule has 9 heteroatoms. The minimum Gasteiger partial charge on any atom is -0.339 e. The number of anilines is 1. The number of aromatic nitrogens is 6. The van der Waals surface area contributed by atoms with Gasteiger partial charge in [0.2, 0.25) is 11.9 Å². The SMILES string of the molecule is Cc1nnc(N2CCN(C(=O)C(C)C)CC2)n1Cc1cnn(C)n1. The molecule has 2 aromatic rings. The van der Waals surface area contributed by atoms with Gasteiger partial charge in [0.15, 0.2) is 0 Å². The second-order valence-electron chi connectivity index (χ2n) is 6.43. The Morgan fingerprint density at radius 2 is 1.92 bits per heavy atom. The van der Waals surface area contributed by atoms with Crippen molar-refractivity contribution in [3.05, 3.63) is 17.7 Å². The Balaban J connectivity index is 1.71. The zero-order chi connectivity index (χ0) is 17.3. The molecule has 0 saturated carbocycles. The van der Waals surface area contributed by atoms with Gasteiger partial charge in [-0.3, -0.25) is 9.36 Å². The molecule has 3 heterocycles. The third-order valence-electron chi connectivity index (χ3n) is 4.25. The summed E-state index contributed by atoms with van der Waals surface area (Å²) in [5, 5.41) is 17.0. The highest BCUT2D eigenvalue weighted by Gasteiger charge is 2.26. The smallest absolute Gasteiger partial charge is 0.227 e. The van der Waals surface area contributed by atoms with Crippen LogP contribution in [0.4, 0.5) is 5.95 Å². The Kier molecular flexibility index (Phi) is 4.50. The van der Waals surface area contributed by atoms with Crippen LogP contribution in [0.1, 0.15) is 25.4 Å². The van der Waals surface area contributed by atoms with Crippen molar-refractivity contribution >= 4 is 11.9 Å². The quantitative estimate of drug-likeness (QED) is 0.787. The average Bonchev–Trinajstić information content (AvgIpc) is 3.14. The Bertz CT molecular complexity index is 711. The van der Waals surface area contributed by atoms with Gasteiger partial charge in [-0.1, -0.05) is 13.8 Å². The number of hydrogen-bond donors (Lipinski definition) is 0. The molecule has 130 valence electrons. The lowest BCUT2D eigenvalue weighted by Crippen LogP contribution is -2.50. The summed E-state index contributed by atoms with van der Waals surface area (Å²) >= 11 is 0. The maximum atomic E-state index is 12.1. The van der Waals surface area contributed by atoms with Crippen LogP contribution in [-0.2, 0) is 18.4 Å². The molecule has 0 aromatic carbocycles. The van der Waals surface area contributed by atoms with Crippen molar-refractivity contribution in [1.82, 2.24) is 34.7 Å². The second kappa shape index (κ2) is 6.58. The summed E-state index contributed by atoms with van der Waals surface area (Å²) in [5.74, 6) is 1.93. The van der Waals surface area contributed by atoms with Gasteiger partial charge in [0.25, 0.3) is 0 Å². The summed E-state index contributed by atoms with van der Waals surface area (Å²) < 4.78 is 2.05. The minimum atomic E-state index is 0.0408. The molecule has 3 rings (SSSR count). The molecule has 0 bridgehead atoms. The molecule has 0 atom stereocenters. The van der Waals surface area contributed by atoms with Crippen molar-refractivity contribution < 1.29 is 4.79 Å². The van der Waals surface area contributed by atoms with Crippen LogP contribution in [0.3, 0.4) is 0 Å². The number of nitrogens with zero attached hydrogens (tertiary/aromatic N) is 8. The molecule has 1 aliphatic heterocycles. The molecular formula is C15H24N8O. The first-order valence-corrected chi connectivity index (χ1v) is 8.24. The molecule has 1 saturated heterocycles. The Morgan fingerprint density at radius 1 is 1.21 bits per heavy atom. The van der Waals surface area contributed by atoms with Crippen LogP contribution in [0.5, 0.6) is 0 Å². The lowest BCUT2D eigenvalue weighted by atomic mass is 10.1. The first kappa shape index (κ1) is 16.4. The van der Waals surface area contributed by atoms with Crippen molar-refractivity contribution in [2.75, 3.05) is 31.1 Å². The second-order valence-corrected chi connectivity index (χ2v) is 6.43. The van der Waals surface area contributed by atoms with Gasteiger partial charge in [-0.2, -0.15) is 15.0 Å². The molecule has 0 aliphatic carbocycles.